The number of ether oxygens (including phenoxy) is 2. The molecule has 0 unspecified atom stereocenters. The molecule has 1 aliphatic rings. The highest BCUT2D eigenvalue weighted by molar-refractivity contribution is 6.12. The van der Waals surface area contributed by atoms with E-state index < -0.39 is 17.7 Å². The number of nitrogens with zero attached hydrogens (tertiary/aromatic N) is 1. The molecule has 1 saturated carbocycles. The number of aromatic nitrogens is 2. The number of carbonyl (C=O) groups excluding carboxylic acids is 1. The van der Waals surface area contributed by atoms with E-state index in [4.69, 9.17) is 9.47 Å². The Hall–Kier alpha value is -4.85. The van der Waals surface area contributed by atoms with E-state index in [1.54, 1.807) is 19.3 Å². The molecule has 2 heterocycles. The summed E-state index contributed by atoms with van der Waals surface area (Å²) in [7, 11) is 0. The predicted octanol–water partition coefficient (Wildman–Crippen LogP) is 9.58. The van der Waals surface area contributed by atoms with Gasteiger partial charge in [-0.05, 0) is 103 Å². The second-order valence-corrected chi connectivity index (χ2v) is 10.8. The molecule has 0 radical (unpaired) electrons. The van der Waals surface area contributed by atoms with Gasteiger partial charge in [0, 0.05) is 28.9 Å². The molecule has 0 saturated heterocycles. The van der Waals surface area contributed by atoms with Crippen LogP contribution < -0.4 is 4.74 Å². The molecule has 3 aromatic carbocycles. The lowest BCUT2D eigenvalue weighted by Crippen LogP contribution is -2.10. The van der Waals surface area contributed by atoms with Crippen molar-refractivity contribution in [1.29, 1.82) is 0 Å². The van der Waals surface area contributed by atoms with Crippen LogP contribution in [-0.4, -0.2) is 28.6 Å². The summed E-state index contributed by atoms with van der Waals surface area (Å²) in [6.07, 6.45) is 7.26. The zero-order valence-corrected chi connectivity index (χ0v) is 24.2. The molecule has 0 bridgehead atoms. The minimum Gasteiger partial charge on any atom is -0.490 e. The molecule has 0 spiro atoms. The van der Waals surface area contributed by atoms with Gasteiger partial charge in [-0.15, -0.1) is 0 Å². The van der Waals surface area contributed by atoms with E-state index in [1.165, 1.54) is 12.1 Å². The van der Waals surface area contributed by atoms with Crippen LogP contribution in [0.3, 0.4) is 0 Å². The average molecular weight is 597 g/mol. The summed E-state index contributed by atoms with van der Waals surface area (Å²) in [6.45, 7) is 1.95. The van der Waals surface area contributed by atoms with Crippen molar-refractivity contribution in [1.82, 2.24) is 9.97 Å². The first-order valence-electron chi connectivity index (χ1n) is 14.7. The SMILES string of the molecule is CCOC(=O)c1[nH]c2ccc(-c3ccc(C(F)(F)F)cc3)c(-c3ccc(OC4CCCC4)cc3)c2c1C=Cc1ccncc1. The zero-order chi connectivity index (χ0) is 30.7. The molecule has 6 rings (SSSR count). The second kappa shape index (κ2) is 12.4. The predicted molar refractivity (Wildman–Crippen MR) is 166 cm³/mol. The molecule has 1 fully saturated rings. The summed E-state index contributed by atoms with van der Waals surface area (Å²) < 4.78 is 51.8. The van der Waals surface area contributed by atoms with Crippen molar-refractivity contribution in [2.45, 2.75) is 44.9 Å². The molecule has 0 aliphatic heterocycles. The van der Waals surface area contributed by atoms with E-state index in [1.807, 2.05) is 60.7 Å². The standard InChI is InChI=1S/C36H31F3N2O3/c1-2-43-35(42)34-30(16-7-23-19-21-40-22-20-23)33-31(41-34)18-17-29(24-8-12-26(13-9-24)36(37,38)39)32(33)25-10-14-28(15-11-25)44-27-5-3-4-6-27/h7-22,27,41H,2-6H2,1H3. The van der Waals surface area contributed by atoms with Gasteiger partial charge in [-0.2, -0.15) is 13.2 Å². The number of esters is 1. The van der Waals surface area contributed by atoms with Gasteiger partial charge in [0.25, 0.3) is 0 Å². The first kappa shape index (κ1) is 29.2. The molecule has 1 aliphatic carbocycles. The smallest absolute Gasteiger partial charge is 0.416 e. The van der Waals surface area contributed by atoms with Crippen LogP contribution in [0.4, 0.5) is 13.2 Å². The Morgan fingerprint density at radius 2 is 1.59 bits per heavy atom. The number of alkyl halides is 3. The van der Waals surface area contributed by atoms with Crippen molar-refractivity contribution in [3.8, 4) is 28.0 Å². The summed E-state index contributed by atoms with van der Waals surface area (Å²) >= 11 is 0. The van der Waals surface area contributed by atoms with E-state index in [9.17, 15) is 18.0 Å². The fourth-order valence-electron chi connectivity index (χ4n) is 5.78. The largest absolute Gasteiger partial charge is 0.490 e. The average Bonchev–Trinajstić information content (AvgIpc) is 3.68. The summed E-state index contributed by atoms with van der Waals surface area (Å²) in [5, 5.41) is 0.750. The van der Waals surface area contributed by atoms with Crippen molar-refractivity contribution in [2.24, 2.45) is 0 Å². The van der Waals surface area contributed by atoms with Crippen molar-refractivity contribution in [3.05, 3.63) is 108 Å². The van der Waals surface area contributed by atoms with Gasteiger partial charge in [0.1, 0.15) is 11.4 Å². The number of halogens is 3. The van der Waals surface area contributed by atoms with Crippen LogP contribution in [0, 0.1) is 0 Å². The normalized spacial score (nSPS) is 14.0. The van der Waals surface area contributed by atoms with E-state index >= 15 is 0 Å². The summed E-state index contributed by atoms with van der Waals surface area (Å²) in [5.74, 6) is 0.267. The first-order valence-corrected chi connectivity index (χ1v) is 14.7. The number of carbonyl (C=O) groups is 1. The number of rotatable bonds is 8. The number of hydrogen-bond acceptors (Lipinski definition) is 4. The van der Waals surface area contributed by atoms with Crippen LogP contribution in [0.2, 0.25) is 0 Å². The van der Waals surface area contributed by atoms with Gasteiger partial charge in [0.05, 0.1) is 18.3 Å². The number of H-pyrrole nitrogens is 1. The molecule has 1 N–H and O–H groups in total. The Kier molecular flexibility index (Phi) is 8.24. The van der Waals surface area contributed by atoms with E-state index in [0.717, 1.165) is 71.2 Å². The third-order valence-electron chi connectivity index (χ3n) is 7.90. The third-order valence-corrected chi connectivity index (χ3v) is 7.90. The Morgan fingerprint density at radius 3 is 2.25 bits per heavy atom. The topological polar surface area (TPSA) is 64.2 Å². The summed E-state index contributed by atoms with van der Waals surface area (Å²) in [6, 6.07) is 20.3. The quantitative estimate of drug-likeness (QED) is 0.181. The number of hydrogen-bond donors (Lipinski definition) is 1. The minimum atomic E-state index is -4.44. The molecule has 224 valence electrons. The number of fused-ring (bicyclic) bond motifs is 1. The second-order valence-electron chi connectivity index (χ2n) is 10.8. The third kappa shape index (κ3) is 6.11. The summed E-state index contributed by atoms with van der Waals surface area (Å²) in [4.78, 5) is 20.5. The lowest BCUT2D eigenvalue weighted by molar-refractivity contribution is -0.137. The van der Waals surface area contributed by atoms with Crippen LogP contribution in [-0.2, 0) is 10.9 Å². The van der Waals surface area contributed by atoms with Crippen LogP contribution in [0.5, 0.6) is 5.75 Å². The Labute approximate surface area is 253 Å². The maximum atomic E-state index is 13.4. The molecule has 44 heavy (non-hydrogen) atoms. The van der Waals surface area contributed by atoms with Crippen molar-refractivity contribution >= 4 is 29.0 Å². The highest BCUT2D eigenvalue weighted by Gasteiger charge is 2.30. The highest BCUT2D eigenvalue weighted by atomic mass is 19.4. The number of nitrogens with one attached hydrogen (secondary N) is 1. The molecular formula is C36H31F3N2O3. The maximum absolute atomic E-state index is 13.4. The molecule has 8 heteroatoms. The van der Waals surface area contributed by atoms with Crippen LogP contribution in [0.15, 0.2) is 85.2 Å². The van der Waals surface area contributed by atoms with Gasteiger partial charge in [-0.25, -0.2) is 4.79 Å². The van der Waals surface area contributed by atoms with Gasteiger partial charge in [0.15, 0.2) is 0 Å². The van der Waals surface area contributed by atoms with Gasteiger partial charge < -0.3 is 14.5 Å². The maximum Gasteiger partial charge on any atom is 0.416 e. The van der Waals surface area contributed by atoms with Gasteiger partial charge in [-0.1, -0.05) is 42.5 Å². The van der Waals surface area contributed by atoms with Crippen LogP contribution >= 0.6 is 0 Å². The highest BCUT2D eigenvalue weighted by Crippen LogP contribution is 2.43. The number of aromatic amines is 1. The lowest BCUT2D eigenvalue weighted by atomic mass is 9.89. The van der Waals surface area contributed by atoms with Crippen molar-refractivity contribution in [2.75, 3.05) is 6.61 Å². The van der Waals surface area contributed by atoms with E-state index in [2.05, 4.69) is 9.97 Å². The van der Waals surface area contributed by atoms with Crippen molar-refractivity contribution < 1.29 is 27.4 Å². The number of benzene rings is 3. The molecule has 2 aromatic heterocycles. The van der Waals surface area contributed by atoms with E-state index in [0.29, 0.717) is 22.3 Å². The van der Waals surface area contributed by atoms with Crippen molar-refractivity contribution in [3.63, 3.8) is 0 Å². The number of pyridine rings is 1. The molecule has 0 atom stereocenters. The molecule has 5 nitrogen and oxygen atoms in total. The molecule has 0 amide bonds. The van der Waals surface area contributed by atoms with Gasteiger partial charge >= 0.3 is 12.1 Å². The molecular weight excluding hydrogens is 565 g/mol. The Bertz CT molecular complexity index is 1790. The monoisotopic (exact) mass is 596 g/mol. The van der Waals surface area contributed by atoms with E-state index in [-0.39, 0.29) is 12.7 Å². The van der Waals surface area contributed by atoms with Gasteiger partial charge in [0.2, 0.25) is 0 Å². The first-order chi connectivity index (χ1) is 21.3. The van der Waals surface area contributed by atoms with Crippen LogP contribution in [0.25, 0.3) is 45.3 Å². The fraction of sp³-hybridized carbons (Fsp3) is 0.222. The Balaban J connectivity index is 1.56. The lowest BCUT2D eigenvalue weighted by Gasteiger charge is -2.16. The Morgan fingerprint density at radius 1 is 0.909 bits per heavy atom. The minimum absolute atomic E-state index is 0.202. The van der Waals surface area contributed by atoms with Crippen LogP contribution in [0.1, 0.15) is 59.8 Å². The van der Waals surface area contributed by atoms with Gasteiger partial charge in [-0.3, -0.25) is 4.98 Å². The summed E-state index contributed by atoms with van der Waals surface area (Å²) in [5.41, 5.74) is 4.72. The fourth-order valence-corrected chi connectivity index (χ4v) is 5.78. The molecule has 5 aromatic rings. The zero-order valence-electron chi connectivity index (χ0n) is 24.2.